The summed E-state index contributed by atoms with van der Waals surface area (Å²) in [7, 11) is 1.41. The van der Waals surface area contributed by atoms with Gasteiger partial charge in [-0.15, -0.1) is 0 Å². The predicted molar refractivity (Wildman–Crippen MR) is 52.5 cm³/mol. The van der Waals surface area contributed by atoms with Crippen LogP contribution in [0.2, 0.25) is 0 Å². The molecule has 0 N–H and O–H groups in total. The van der Waals surface area contributed by atoms with Gasteiger partial charge in [0.05, 0.1) is 9.82 Å². The lowest BCUT2D eigenvalue weighted by molar-refractivity contribution is -0.384. The Hall–Kier alpha value is -1.31. The molecule has 0 fully saturated rings. The van der Waals surface area contributed by atoms with Crippen molar-refractivity contribution < 1.29 is 18.1 Å². The molecule has 0 heterocycles. The zero-order valence-corrected chi connectivity index (χ0v) is 8.73. The van der Waals surface area contributed by atoms with Crippen LogP contribution in [0.3, 0.4) is 0 Å². The number of methoxy groups -OCH3 is 1. The van der Waals surface area contributed by atoms with Crippen LogP contribution in [-0.4, -0.2) is 23.0 Å². The first-order valence-electron chi connectivity index (χ1n) is 3.93. The predicted octanol–water partition coefficient (Wildman–Crippen LogP) is 1.24. The van der Waals surface area contributed by atoms with Crippen LogP contribution in [0.4, 0.5) is 5.69 Å². The van der Waals surface area contributed by atoms with Crippen molar-refractivity contribution in [3.8, 4) is 0 Å². The molecule has 0 aliphatic heterocycles. The SMILES string of the molecule is COCOS(=O)c1ccc([N+](=O)[O-])cc1. The van der Waals surface area contributed by atoms with Crippen LogP contribution in [-0.2, 0) is 20.0 Å². The molecule has 1 unspecified atom stereocenters. The molecule has 0 radical (unpaired) electrons. The minimum atomic E-state index is -1.65. The van der Waals surface area contributed by atoms with E-state index in [2.05, 4.69) is 4.74 Å². The normalized spacial score (nSPS) is 12.3. The zero-order valence-electron chi connectivity index (χ0n) is 7.91. The van der Waals surface area contributed by atoms with Gasteiger partial charge in [0.2, 0.25) is 0 Å². The van der Waals surface area contributed by atoms with Crippen molar-refractivity contribution in [1.82, 2.24) is 0 Å². The van der Waals surface area contributed by atoms with E-state index in [0.717, 1.165) is 0 Å². The molecule has 0 amide bonds. The van der Waals surface area contributed by atoms with Gasteiger partial charge in [0.1, 0.15) is 0 Å². The lowest BCUT2D eigenvalue weighted by Crippen LogP contribution is -2.01. The van der Waals surface area contributed by atoms with Crippen LogP contribution < -0.4 is 0 Å². The summed E-state index contributed by atoms with van der Waals surface area (Å²) in [6, 6.07) is 5.29. The molecule has 7 heteroatoms. The van der Waals surface area contributed by atoms with Crippen molar-refractivity contribution in [3.63, 3.8) is 0 Å². The first-order valence-corrected chi connectivity index (χ1v) is 5.01. The van der Waals surface area contributed by atoms with Crippen LogP contribution in [0.15, 0.2) is 29.2 Å². The number of nitro groups is 1. The van der Waals surface area contributed by atoms with Crippen LogP contribution in [0, 0.1) is 10.1 Å². The highest BCUT2D eigenvalue weighted by atomic mass is 32.2. The third-order valence-corrected chi connectivity index (χ3v) is 2.48. The largest absolute Gasteiger partial charge is 0.357 e. The molecule has 1 rings (SSSR count). The summed E-state index contributed by atoms with van der Waals surface area (Å²) in [4.78, 5) is 10.2. The first-order chi connectivity index (χ1) is 7.15. The van der Waals surface area contributed by atoms with Gasteiger partial charge in [0.25, 0.3) is 5.69 Å². The molecule has 0 aliphatic rings. The second-order valence-electron chi connectivity index (χ2n) is 2.51. The number of hydrogen-bond acceptors (Lipinski definition) is 5. The average Bonchev–Trinajstić information content (AvgIpc) is 2.26. The van der Waals surface area contributed by atoms with Crippen LogP contribution in [0.25, 0.3) is 0 Å². The van der Waals surface area contributed by atoms with Crippen LogP contribution in [0.1, 0.15) is 0 Å². The molecule has 0 saturated carbocycles. The maximum absolute atomic E-state index is 11.3. The van der Waals surface area contributed by atoms with Crippen LogP contribution >= 0.6 is 0 Å². The van der Waals surface area contributed by atoms with E-state index in [0.29, 0.717) is 4.90 Å². The zero-order chi connectivity index (χ0) is 11.3. The molecule has 0 spiro atoms. The van der Waals surface area contributed by atoms with Crippen molar-refractivity contribution in [2.75, 3.05) is 13.9 Å². The summed E-state index contributed by atoms with van der Waals surface area (Å²) in [5.74, 6) is 0. The van der Waals surface area contributed by atoms with Crippen molar-refractivity contribution in [3.05, 3.63) is 34.4 Å². The van der Waals surface area contributed by atoms with E-state index in [1.807, 2.05) is 0 Å². The van der Waals surface area contributed by atoms with E-state index < -0.39 is 16.0 Å². The quantitative estimate of drug-likeness (QED) is 0.432. The van der Waals surface area contributed by atoms with Gasteiger partial charge in [-0.05, 0) is 12.1 Å². The Morgan fingerprint density at radius 3 is 2.47 bits per heavy atom. The molecule has 1 aromatic carbocycles. The molecule has 82 valence electrons. The second-order valence-corrected chi connectivity index (χ2v) is 3.69. The summed E-state index contributed by atoms with van der Waals surface area (Å²) in [6.45, 7) is -0.0937. The smallest absolute Gasteiger partial charge is 0.269 e. The van der Waals surface area contributed by atoms with Gasteiger partial charge in [-0.1, -0.05) is 0 Å². The minimum Gasteiger partial charge on any atom is -0.357 e. The van der Waals surface area contributed by atoms with Gasteiger partial charge in [-0.3, -0.25) is 14.3 Å². The summed E-state index contributed by atoms with van der Waals surface area (Å²) < 4.78 is 20.7. The van der Waals surface area contributed by atoms with E-state index >= 15 is 0 Å². The summed E-state index contributed by atoms with van der Waals surface area (Å²) in [6.07, 6.45) is 0. The number of nitrogens with zero attached hydrogens (tertiary/aromatic N) is 1. The highest BCUT2D eigenvalue weighted by Gasteiger charge is 2.08. The van der Waals surface area contributed by atoms with Gasteiger partial charge in [-0.2, -0.15) is 0 Å². The fourth-order valence-corrected chi connectivity index (χ4v) is 1.52. The molecule has 0 saturated heterocycles. The number of non-ortho nitro benzene ring substituents is 1. The molecular weight excluding hydrogens is 222 g/mol. The minimum absolute atomic E-state index is 0.0532. The number of hydrogen-bond donors (Lipinski definition) is 0. The Morgan fingerprint density at radius 2 is 2.00 bits per heavy atom. The van der Waals surface area contributed by atoms with Crippen molar-refractivity contribution >= 4 is 16.8 Å². The fraction of sp³-hybridized carbons (Fsp3) is 0.250. The fourth-order valence-electron chi connectivity index (χ4n) is 0.839. The van der Waals surface area contributed by atoms with Gasteiger partial charge >= 0.3 is 0 Å². The van der Waals surface area contributed by atoms with Crippen molar-refractivity contribution in [1.29, 1.82) is 0 Å². The molecule has 0 aromatic heterocycles. The highest BCUT2D eigenvalue weighted by molar-refractivity contribution is 7.80. The van der Waals surface area contributed by atoms with Gasteiger partial charge in [0.15, 0.2) is 17.9 Å². The van der Waals surface area contributed by atoms with E-state index in [1.165, 1.54) is 31.4 Å². The Bertz CT molecular complexity index is 364. The summed E-state index contributed by atoms with van der Waals surface area (Å²) in [5.41, 5.74) is -0.0532. The first kappa shape index (κ1) is 11.8. The summed E-state index contributed by atoms with van der Waals surface area (Å²) in [5, 5.41) is 10.3. The van der Waals surface area contributed by atoms with Crippen molar-refractivity contribution in [2.24, 2.45) is 0 Å². The summed E-state index contributed by atoms with van der Waals surface area (Å²) >= 11 is -1.65. The Balaban J connectivity index is 2.71. The lowest BCUT2D eigenvalue weighted by Gasteiger charge is -2.01. The van der Waals surface area contributed by atoms with E-state index in [9.17, 15) is 14.3 Å². The molecule has 1 aromatic rings. The third-order valence-electron chi connectivity index (χ3n) is 1.51. The maximum Gasteiger partial charge on any atom is 0.269 e. The molecule has 0 aliphatic carbocycles. The lowest BCUT2D eigenvalue weighted by atomic mass is 10.3. The van der Waals surface area contributed by atoms with E-state index in [1.54, 1.807) is 0 Å². The van der Waals surface area contributed by atoms with Crippen LogP contribution in [0.5, 0.6) is 0 Å². The van der Waals surface area contributed by atoms with Gasteiger partial charge in [-0.25, -0.2) is 4.21 Å². The molecule has 0 bridgehead atoms. The monoisotopic (exact) mass is 231 g/mol. The maximum atomic E-state index is 11.3. The second kappa shape index (κ2) is 5.54. The van der Waals surface area contributed by atoms with Gasteiger partial charge in [0, 0.05) is 19.2 Å². The number of nitro benzene ring substituents is 1. The molecule has 6 nitrogen and oxygen atoms in total. The highest BCUT2D eigenvalue weighted by Crippen LogP contribution is 2.14. The average molecular weight is 231 g/mol. The number of benzene rings is 1. The Morgan fingerprint density at radius 1 is 1.40 bits per heavy atom. The Labute approximate surface area is 88.6 Å². The Kier molecular flexibility index (Phi) is 4.35. The number of rotatable bonds is 5. The van der Waals surface area contributed by atoms with Crippen molar-refractivity contribution in [2.45, 2.75) is 4.90 Å². The number of ether oxygens (including phenoxy) is 1. The third kappa shape index (κ3) is 3.39. The van der Waals surface area contributed by atoms with E-state index in [-0.39, 0.29) is 12.5 Å². The van der Waals surface area contributed by atoms with E-state index in [4.69, 9.17) is 4.18 Å². The standard InChI is InChI=1S/C8H9NO5S/c1-13-6-14-15(12)8-4-2-7(3-5-8)9(10)11/h2-5H,6H2,1H3. The topological polar surface area (TPSA) is 78.7 Å². The van der Waals surface area contributed by atoms with Gasteiger partial charge < -0.3 is 4.74 Å². The molecule has 15 heavy (non-hydrogen) atoms. The molecular formula is C8H9NO5S. The molecule has 1 atom stereocenters.